The van der Waals surface area contributed by atoms with Crippen LogP contribution in [-0.4, -0.2) is 11.6 Å². The molecule has 18 heavy (non-hydrogen) atoms. The Morgan fingerprint density at radius 2 is 1.94 bits per heavy atom. The highest BCUT2D eigenvalue weighted by atomic mass is 16.5. The zero-order chi connectivity index (χ0) is 13.0. The van der Waals surface area contributed by atoms with Crippen LogP contribution in [-0.2, 0) is 0 Å². The number of benzene rings is 1. The molecule has 0 aliphatic rings. The first-order valence-corrected chi connectivity index (χ1v) is 5.82. The maximum absolute atomic E-state index is 5.80. The molecule has 0 saturated carbocycles. The van der Waals surface area contributed by atoms with Crippen molar-refractivity contribution in [2.24, 2.45) is 0 Å². The number of aromatic nitrogens is 1. The zero-order valence-corrected chi connectivity index (χ0v) is 10.5. The Kier molecular flexibility index (Phi) is 3.67. The number of nitrogens with zero attached hydrogens (tertiary/aromatic N) is 1. The van der Waals surface area contributed by atoms with Crippen molar-refractivity contribution < 1.29 is 9.47 Å². The lowest BCUT2D eigenvalue weighted by Crippen LogP contribution is -1.97. The van der Waals surface area contributed by atoms with E-state index in [1.807, 2.05) is 26.0 Å². The monoisotopic (exact) mass is 244 g/mol. The Hall–Kier alpha value is -2.23. The van der Waals surface area contributed by atoms with E-state index < -0.39 is 0 Å². The number of anilines is 1. The summed E-state index contributed by atoms with van der Waals surface area (Å²) in [5.74, 6) is 2.00. The highest BCUT2D eigenvalue weighted by Crippen LogP contribution is 2.29. The van der Waals surface area contributed by atoms with E-state index in [9.17, 15) is 0 Å². The van der Waals surface area contributed by atoms with E-state index in [4.69, 9.17) is 15.2 Å². The van der Waals surface area contributed by atoms with E-state index in [0.29, 0.717) is 29.5 Å². The molecule has 94 valence electrons. The number of nitrogens with two attached hydrogens (primary N) is 1. The minimum absolute atomic E-state index is 0.569. The van der Waals surface area contributed by atoms with Crippen molar-refractivity contribution in [1.82, 2.24) is 4.98 Å². The van der Waals surface area contributed by atoms with Gasteiger partial charge in [-0.15, -0.1) is 0 Å². The SMILES string of the molecule is CCOc1cc(Oc2ccc(C)nc2)ccc1N. The van der Waals surface area contributed by atoms with Crippen LogP contribution in [0.5, 0.6) is 17.2 Å². The molecule has 2 rings (SSSR count). The van der Waals surface area contributed by atoms with Crippen LogP contribution < -0.4 is 15.2 Å². The third-order valence-corrected chi connectivity index (χ3v) is 2.40. The lowest BCUT2D eigenvalue weighted by atomic mass is 10.3. The maximum Gasteiger partial charge on any atom is 0.145 e. The van der Waals surface area contributed by atoms with Crippen molar-refractivity contribution in [2.75, 3.05) is 12.3 Å². The van der Waals surface area contributed by atoms with Crippen LogP contribution in [0, 0.1) is 6.92 Å². The van der Waals surface area contributed by atoms with Crippen molar-refractivity contribution in [1.29, 1.82) is 0 Å². The molecule has 2 aromatic rings. The van der Waals surface area contributed by atoms with Gasteiger partial charge in [-0.05, 0) is 38.1 Å². The molecule has 4 heteroatoms. The first kappa shape index (κ1) is 12.2. The third kappa shape index (κ3) is 2.91. The molecule has 1 aromatic heterocycles. The highest BCUT2D eigenvalue weighted by Gasteiger charge is 2.04. The molecule has 0 bridgehead atoms. The van der Waals surface area contributed by atoms with Crippen molar-refractivity contribution >= 4 is 5.69 Å². The van der Waals surface area contributed by atoms with Crippen molar-refractivity contribution in [3.63, 3.8) is 0 Å². The molecule has 0 aliphatic heterocycles. The van der Waals surface area contributed by atoms with Gasteiger partial charge in [-0.25, -0.2) is 0 Å². The Balaban J connectivity index is 2.18. The number of pyridine rings is 1. The van der Waals surface area contributed by atoms with Crippen LogP contribution in [0.4, 0.5) is 5.69 Å². The van der Waals surface area contributed by atoms with Crippen molar-refractivity contribution in [3.05, 3.63) is 42.2 Å². The number of rotatable bonds is 4. The quantitative estimate of drug-likeness (QED) is 0.839. The Labute approximate surface area is 106 Å². The molecule has 1 heterocycles. The normalized spacial score (nSPS) is 10.1. The first-order valence-electron chi connectivity index (χ1n) is 5.82. The average Bonchev–Trinajstić information content (AvgIpc) is 2.37. The van der Waals surface area contributed by atoms with Gasteiger partial charge in [0.25, 0.3) is 0 Å². The van der Waals surface area contributed by atoms with Crippen LogP contribution in [0.3, 0.4) is 0 Å². The van der Waals surface area contributed by atoms with Gasteiger partial charge in [0.05, 0.1) is 18.5 Å². The van der Waals surface area contributed by atoms with E-state index in [1.54, 1.807) is 24.4 Å². The first-order chi connectivity index (χ1) is 8.69. The molecule has 0 saturated heterocycles. The summed E-state index contributed by atoms with van der Waals surface area (Å²) in [7, 11) is 0. The van der Waals surface area contributed by atoms with Crippen LogP contribution in [0.15, 0.2) is 36.5 Å². The number of ether oxygens (including phenoxy) is 2. The standard InChI is InChI=1S/C14H16N2O2/c1-3-17-14-8-11(6-7-13(14)15)18-12-5-4-10(2)16-9-12/h4-9H,3,15H2,1-2H3. The predicted octanol–water partition coefficient (Wildman–Crippen LogP) is 3.16. The fraction of sp³-hybridized carbons (Fsp3) is 0.214. The predicted molar refractivity (Wildman–Crippen MR) is 71.1 cm³/mol. The second kappa shape index (κ2) is 5.40. The van der Waals surface area contributed by atoms with Gasteiger partial charge in [0, 0.05) is 11.8 Å². The van der Waals surface area contributed by atoms with E-state index in [2.05, 4.69) is 4.98 Å². The maximum atomic E-state index is 5.80. The molecule has 0 spiro atoms. The average molecular weight is 244 g/mol. The van der Waals surface area contributed by atoms with Gasteiger partial charge >= 0.3 is 0 Å². The molecule has 0 atom stereocenters. The fourth-order valence-electron chi connectivity index (χ4n) is 1.51. The highest BCUT2D eigenvalue weighted by molar-refractivity contribution is 5.56. The van der Waals surface area contributed by atoms with Gasteiger partial charge in [-0.1, -0.05) is 0 Å². The summed E-state index contributed by atoms with van der Waals surface area (Å²) >= 11 is 0. The van der Waals surface area contributed by atoms with Crippen LogP contribution in [0.2, 0.25) is 0 Å². The van der Waals surface area contributed by atoms with E-state index in [0.717, 1.165) is 5.69 Å². The van der Waals surface area contributed by atoms with Gasteiger partial charge in [-0.3, -0.25) is 4.98 Å². The van der Waals surface area contributed by atoms with Crippen molar-refractivity contribution in [2.45, 2.75) is 13.8 Å². The summed E-state index contributed by atoms with van der Waals surface area (Å²) < 4.78 is 11.1. The summed E-state index contributed by atoms with van der Waals surface area (Å²) in [5, 5.41) is 0. The Morgan fingerprint density at radius 1 is 1.17 bits per heavy atom. The van der Waals surface area contributed by atoms with Gasteiger partial charge in [0.2, 0.25) is 0 Å². The van der Waals surface area contributed by atoms with Crippen LogP contribution in [0.1, 0.15) is 12.6 Å². The lowest BCUT2D eigenvalue weighted by molar-refractivity contribution is 0.340. The van der Waals surface area contributed by atoms with E-state index >= 15 is 0 Å². The number of hydrogen-bond acceptors (Lipinski definition) is 4. The topological polar surface area (TPSA) is 57.4 Å². The van der Waals surface area contributed by atoms with E-state index in [-0.39, 0.29) is 0 Å². The largest absolute Gasteiger partial charge is 0.492 e. The summed E-state index contributed by atoms with van der Waals surface area (Å²) in [6, 6.07) is 9.12. The second-order valence-electron chi connectivity index (χ2n) is 3.87. The van der Waals surface area contributed by atoms with E-state index in [1.165, 1.54) is 0 Å². The molecule has 0 radical (unpaired) electrons. The Bertz CT molecular complexity index is 524. The molecular formula is C14H16N2O2. The van der Waals surface area contributed by atoms with Crippen LogP contribution >= 0.6 is 0 Å². The molecule has 1 aromatic carbocycles. The minimum atomic E-state index is 0.569. The van der Waals surface area contributed by atoms with Gasteiger partial charge in [-0.2, -0.15) is 0 Å². The second-order valence-corrected chi connectivity index (χ2v) is 3.87. The molecular weight excluding hydrogens is 228 g/mol. The van der Waals surface area contributed by atoms with Gasteiger partial charge in [0.1, 0.15) is 17.2 Å². The van der Waals surface area contributed by atoms with Crippen molar-refractivity contribution in [3.8, 4) is 17.2 Å². The molecule has 0 aliphatic carbocycles. The molecule has 0 unspecified atom stereocenters. The number of hydrogen-bond donors (Lipinski definition) is 1. The zero-order valence-electron chi connectivity index (χ0n) is 10.5. The summed E-state index contributed by atoms with van der Waals surface area (Å²) in [6.45, 7) is 4.41. The molecule has 4 nitrogen and oxygen atoms in total. The summed E-state index contributed by atoms with van der Waals surface area (Å²) in [4.78, 5) is 4.17. The Morgan fingerprint density at radius 3 is 2.61 bits per heavy atom. The number of nitrogen functional groups attached to an aromatic ring is 1. The molecule has 2 N–H and O–H groups in total. The van der Waals surface area contributed by atoms with Crippen LogP contribution in [0.25, 0.3) is 0 Å². The summed E-state index contributed by atoms with van der Waals surface area (Å²) in [5.41, 5.74) is 7.35. The third-order valence-electron chi connectivity index (χ3n) is 2.40. The smallest absolute Gasteiger partial charge is 0.145 e. The lowest BCUT2D eigenvalue weighted by Gasteiger charge is -2.10. The molecule has 0 fully saturated rings. The fourth-order valence-corrected chi connectivity index (χ4v) is 1.51. The van der Waals surface area contributed by atoms with Gasteiger partial charge < -0.3 is 15.2 Å². The molecule has 0 amide bonds. The van der Waals surface area contributed by atoms with Gasteiger partial charge in [0.15, 0.2) is 0 Å². The summed E-state index contributed by atoms with van der Waals surface area (Å²) in [6.07, 6.45) is 1.69. The number of aryl methyl sites for hydroxylation is 1. The minimum Gasteiger partial charge on any atom is -0.492 e.